The fourth-order valence-electron chi connectivity index (χ4n) is 1.93. The van der Waals surface area contributed by atoms with Crippen molar-refractivity contribution in [2.45, 2.75) is 45.3 Å². The van der Waals surface area contributed by atoms with E-state index in [0.717, 1.165) is 17.3 Å². The fourth-order valence-corrected chi connectivity index (χ4v) is 2.38. The molecule has 0 bridgehead atoms. The van der Waals surface area contributed by atoms with Gasteiger partial charge in [-0.25, -0.2) is 0 Å². The van der Waals surface area contributed by atoms with E-state index in [-0.39, 0.29) is 11.6 Å². The molecule has 0 saturated carbocycles. The number of hydrogen-bond donors (Lipinski definition) is 1. The van der Waals surface area contributed by atoms with E-state index in [1.165, 1.54) is 5.56 Å². The summed E-state index contributed by atoms with van der Waals surface area (Å²) in [5, 5.41) is 0. The van der Waals surface area contributed by atoms with E-state index in [0.29, 0.717) is 6.61 Å². The molecule has 1 rings (SSSR count). The maximum atomic E-state index is 6.29. The Labute approximate surface area is 113 Å². The molecule has 1 aromatic rings. The summed E-state index contributed by atoms with van der Waals surface area (Å²) >= 11 is 3.48. The first-order valence-electron chi connectivity index (χ1n) is 6.15. The predicted octanol–water partition coefficient (Wildman–Crippen LogP) is 3.52. The lowest BCUT2D eigenvalue weighted by molar-refractivity contribution is -0.0461. The maximum absolute atomic E-state index is 6.29. The molecule has 2 unspecified atom stereocenters. The lowest BCUT2D eigenvalue weighted by Gasteiger charge is -2.34. The summed E-state index contributed by atoms with van der Waals surface area (Å²) in [5.41, 5.74) is 7.29. The highest BCUT2D eigenvalue weighted by molar-refractivity contribution is 9.10. The van der Waals surface area contributed by atoms with Gasteiger partial charge in [0.05, 0.1) is 5.60 Å². The highest BCUT2D eigenvalue weighted by atomic mass is 79.9. The number of nitrogens with two attached hydrogens (primary N) is 1. The molecule has 0 aromatic heterocycles. The third-order valence-corrected chi connectivity index (χ3v) is 3.80. The largest absolute Gasteiger partial charge is 0.374 e. The first kappa shape index (κ1) is 14.7. The zero-order chi connectivity index (χ0) is 12.9. The van der Waals surface area contributed by atoms with Crippen molar-refractivity contribution in [1.82, 2.24) is 0 Å². The zero-order valence-electron chi connectivity index (χ0n) is 10.9. The summed E-state index contributed by atoms with van der Waals surface area (Å²) in [6.07, 6.45) is 1.76. The smallest absolute Gasteiger partial charge is 0.0805 e. The lowest BCUT2D eigenvalue weighted by Crippen LogP contribution is -2.48. The van der Waals surface area contributed by atoms with Gasteiger partial charge in [0.2, 0.25) is 0 Å². The Morgan fingerprint density at radius 3 is 2.65 bits per heavy atom. The van der Waals surface area contributed by atoms with Gasteiger partial charge in [-0.15, -0.1) is 0 Å². The monoisotopic (exact) mass is 299 g/mol. The van der Waals surface area contributed by atoms with Crippen LogP contribution in [0.25, 0.3) is 0 Å². The molecule has 2 nitrogen and oxygen atoms in total. The number of hydrogen-bond acceptors (Lipinski definition) is 2. The molecule has 0 fully saturated rings. The zero-order valence-corrected chi connectivity index (χ0v) is 12.5. The molecule has 17 heavy (non-hydrogen) atoms. The van der Waals surface area contributed by atoms with Crippen LogP contribution in [0.2, 0.25) is 0 Å². The second-order valence-electron chi connectivity index (χ2n) is 4.54. The molecule has 96 valence electrons. The minimum absolute atomic E-state index is 0.0155. The third-order valence-electron chi connectivity index (χ3n) is 3.31. The second-order valence-corrected chi connectivity index (χ2v) is 5.46. The van der Waals surface area contributed by atoms with Crippen LogP contribution in [0.5, 0.6) is 0 Å². The van der Waals surface area contributed by atoms with Gasteiger partial charge in [0.1, 0.15) is 0 Å². The minimum Gasteiger partial charge on any atom is -0.374 e. The van der Waals surface area contributed by atoms with Gasteiger partial charge in [0, 0.05) is 17.1 Å². The van der Waals surface area contributed by atoms with Gasteiger partial charge in [-0.05, 0) is 44.4 Å². The molecular weight excluding hydrogens is 278 g/mol. The molecular formula is C14H22BrNO. The van der Waals surface area contributed by atoms with Crippen molar-refractivity contribution < 1.29 is 4.74 Å². The van der Waals surface area contributed by atoms with Crippen molar-refractivity contribution in [2.75, 3.05) is 6.61 Å². The van der Waals surface area contributed by atoms with Gasteiger partial charge >= 0.3 is 0 Å². The first-order chi connectivity index (χ1) is 8.01. The molecule has 0 spiro atoms. The molecule has 2 N–H and O–H groups in total. The van der Waals surface area contributed by atoms with Crippen LogP contribution < -0.4 is 5.73 Å². The average molecular weight is 300 g/mol. The molecule has 3 heteroatoms. The van der Waals surface area contributed by atoms with Crippen LogP contribution in [0.15, 0.2) is 28.7 Å². The Hall–Kier alpha value is -0.380. The first-order valence-corrected chi connectivity index (χ1v) is 6.95. The van der Waals surface area contributed by atoms with E-state index in [1.807, 2.05) is 19.1 Å². The fraction of sp³-hybridized carbons (Fsp3) is 0.571. The molecule has 0 saturated heterocycles. The Kier molecular flexibility index (Phi) is 5.63. The molecule has 1 aromatic carbocycles. The molecule has 0 aliphatic heterocycles. The Morgan fingerprint density at radius 2 is 2.12 bits per heavy atom. The van der Waals surface area contributed by atoms with Gasteiger partial charge in [-0.2, -0.15) is 0 Å². The van der Waals surface area contributed by atoms with Gasteiger partial charge in [0.15, 0.2) is 0 Å². The summed E-state index contributed by atoms with van der Waals surface area (Å²) in [6.45, 7) is 6.94. The van der Waals surface area contributed by atoms with Crippen LogP contribution in [-0.2, 0) is 11.2 Å². The van der Waals surface area contributed by atoms with E-state index >= 15 is 0 Å². The predicted molar refractivity (Wildman–Crippen MR) is 76.1 cm³/mol. The maximum Gasteiger partial charge on any atom is 0.0805 e. The number of halogens is 1. The van der Waals surface area contributed by atoms with Crippen LogP contribution in [0.1, 0.15) is 32.8 Å². The molecule has 0 amide bonds. The summed E-state index contributed by atoms with van der Waals surface area (Å²) in [5.74, 6) is 0. The standard InChI is InChI=1S/C14H22BrNO/c1-4-14(3,17-5-2)13(16)10-11-7-6-8-12(15)9-11/h6-9,13H,4-5,10,16H2,1-3H3. The lowest BCUT2D eigenvalue weighted by atomic mass is 9.89. The Morgan fingerprint density at radius 1 is 1.41 bits per heavy atom. The van der Waals surface area contributed by atoms with Crippen molar-refractivity contribution in [3.8, 4) is 0 Å². The average Bonchev–Trinajstić information content (AvgIpc) is 2.29. The molecule has 0 aliphatic rings. The normalized spacial score (nSPS) is 16.5. The summed E-state index contributed by atoms with van der Waals surface area (Å²) in [6, 6.07) is 8.29. The topological polar surface area (TPSA) is 35.2 Å². The van der Waals surface area contributed by atoms with Crippen molar-refractivity contribution in [3.63, 3.8) is 0 Å². The molecule has 0 aliphatic carbocycles. The second kappa shape index (κ2) is 6.53. The quantitative estimate of drug-likeness (QED) is 0.872. The van der Waals surface area contributed by atoms with Crippen LogP contribution in [-0.4, -0.2) is 18.2 Å². The number of ether oxygens (including phenoxy) is 1. The van der Waals surface area contributed by atoms with E-state index < -0.39 is 0 Å². The SMILES string of the molecule is CCOC(C)(CC)C(N)Cc1cccc(Br)c1. The molecule has 2 atom stereocenters. The summed E-state index contributed by atoms with van der Waals surface area (Å²) in [4.78, 5) is 0. The summed E-state index contributed by atoms with van der Waals surface area (Å²) in [7, 11) is 0. The molecule has 0 heterocycles. The minimum atomic E-state index is -0.239. The molecule has 0 radical (unpaired) electrons. The van der Waals surface area contributed by atoms with Crippen molar-refractivity contribution >= 4 is 15.9 Å². The van der Waals surface area contributed by atoms with E-state index in [4.69, 9.17) is 10.5 Å². The van der Waals surface area contributed by atoms with Crippen molar-refractivity contribution in [2.24, 2.45) is 5.73 Å². The van der Waals surface area contributed by atoms with Gasteiger partial charge < -0.3 is 10.5 Å². The van der Waals surface area contributed by atoms with E-state index in [9.17, 15) is 0 Å². The number of rotatable bonds is 6. The van der Waals surface area contributed by atoms with Crippen LogP contribution in [0.3, 0.4) is 0 Å². The van der Waals surface area contributed by atoms with E-state index in [2.05, 4.69) is 41.9 Å². The number of benzene rings is 1. The van der Waals surface area contributed by atoms with Gasteiger partial charge in [-0.1, -0.05) is 35.0 Å². The van der Waals surface area contributed by atoms with Crippen LogP contribution in [0, 0.1) is 0 Å². The summed E-state index contributed by atoms with van der Waals surface area (Å²) < 4.78 is 6.90. The highest BCUT2D eigenvalue weighted by Crippen LogP contribution is 2.22. The van der Waals surface area contributed by atoms with Gasteiger partial charge in [-0.3, -0.25) is 0 Å². The van der Waals surface area contributed by atoms with Crippen LogP contribution >= 0.6 is 15.9 Å². The van der Waals surface area contributed by atoms with Crippen molar-refractivity contribution in [1.29, 1.82) is 0 Å². The van der Waals surface area contributed by atoms with E-state index in [1.54, 1.807) is 0 Å². The highest BCUT2D eigenvalue weighted by Gasteiger charge is 2.30. The Balaban J connectivity index is 2.73. The van der Waals surface area contributed by atoms with Crippen molar-refractivity contribution in [3.05, 3.63) is 34.3 Å². The third kappa shape index (κ3) is 4.09. The van der Waals surface area contributed by atoms with Crippen LogP contribution in [0.4, 0.5) is 0 Å². The Bertz CT molecular complexity index is 356. The van der Waals surface area contributed by atoms with Gasteiger partial charge in [0.25, 0.3) is 0 Å².